The number of carboxylic acids is 2. The van der Waals surface area contributed by atoms with Crippen LogP contribution in [0.1, 0.15) is 58.3 Å². The van der Waals surface area contributed by atoms with Gasteiger partial charge in [-0.3, -0.25) is 0 Å². The Bertz CT molecular complexity index is 280. The van der Waals surface area contributed by atoms with E-state index in [1.807, 2.05) is 0 Å². The maximum absolute atomic E-state index is 10.6. The van der Waals surface area contributed by atoms with Crippen LogP contribution in [-0.2, 0) is 9.59 Å². The van der Waals surface area contributed by atoms with E-state index in [9.17, 15) is 19.8 Å². The number of unbranched alkanes of at least 4 members (excludes halogenated alkanes) is 6. The smallest absolute Gasteiger partial charge is 0.550 e. The van der Waals surface area contributed by atoms with Gasteiger partial charge in [0.2, 0.25) is 0 Å². The van der Waals surface area contributed by atoms with Crippen LogP contribution >= 0.6 is 0 Å². The van der Waals surface area contributed by atoms with Crippen LogP contribution in [0.2, 0.25) is 0 Å². The number of hydrogen-bond acceptors (Lipinski definition) is 4. The Morgan fingerprint density at radius 2 is 1.55 bits per heavy atom. The van der Waals surface area contributed by atoms with Crippen molar-refractivity contribution in [1.82, 2.24) is 0 Å². The van der Waals surface area contributed by atoms with Crippen LogP contribution < -0.4 is 113 Å². The molecule has 0 rings (SSSR count). The van der Waals surface area contributed by atoms with E-state index >= 15 is 0 Å². The van der Waals surface area contributed by atoms with Gasteiger partial charge in [0.1, 0.15) is 0 Å². The first kappa shape index (κ1) is 26.8. The summed E-state index contributed by atoms with van der Waals surface area (Å²) in [6, 6.07) is 0. The van der Waals surface area contributed by atoms with Gasteiger partial charge in [0.25, 0.3) is 0 Å². The minimum Gasteiger partial charge on any atom is -0.550 e. The first-order valence-electron chi connectivity index (χ1n) is 6.65. The fraction of sp³-hybridized carbons (Fsp3) is 0.714. The number of hydrogen-bond donors (Lipinski definition) is 0. The maximum Gasteiger partial charge on any atom is 1.00 e. The second-order valence-corrected chi connectivity index (χ2v) is 4.49. The summed E-state index contributed by atoms with van der Waals surface area (Å²) in [4.78, 5) is 20.9. The molecule has 0 aliphatic rings. The van der Waals surface area contributed by atoms with Gasteiger partial charge in [-0.05, 0) is 19.3 Å². The van der Waals surface area contributed by atoms with E-state index in [4.69, 9.17) is 0 Å². The molecule has 0 amide bonds. The molecule has 0 aromatic carbocycles. The predicted molar refractivity (Wildman–Crippen MR) is 65.3 cm³/mol. The molecule has 0 saturated carbocycles. The molecular weight excluding hydrogens is 310 g/mol. The van der Waals surface area contributed by atoms with E-state index in [0.717, 1.165) is 19.3 Å². The van der Waals surface area contributed by atoms with Crippen LogP contribution in [0.5, 0.6) is 0 Å². The monoisotopic (exact) mass is 332 g/mol. The molecule has 0 aliphatic carbocycles. The molecule has 1 atom stereocenters. The van der Waals surface area contributed by atoms with E-state index in [1.54, 1.807) is 6.08 Å². The standard InChI is InChI=1S/C14H24O4.2K/c1-2-3-4-5-6-7-8-9-10-12(14(17)18)11-13(15)16;;/h9-10,12H,2-8,11H2,1H3,(H,15,16)(H,17,18);;/q;2*+1/p-2/b10-9+;;. The second kappa shape index (κ2) is 19.0. The SMILES string of the molecule is CCCCCCCC/C=C/C(CC(=O)[O-])C(=O)[O-].[K+].[K+]. The summed E-state index contributed by atoms with van der Waals surface area (Å²) < 4.78 is 0. The number of carbonyl (C=O) groups excluding carboxylic acids is 2. The van der Waals surface area contributed by atoms with Crippen molar-refractivity contribution in [3.8, 4) is 0 Å². The third-order valence-corrected chi connectivity index (χ3v) is 2.78. The van der Waals surface area contributed by atoms with Crippen LogP contribution in [0.25, 0.3) is 0 Å². The zero-order valence-electron chi connectivity index (χ0n) is 13.0. The molecular formula is C14H22K2O4. The van der Waals surface area contributed by atoms with Gasteiger partial charge < -0.3 is 19.8 Å². The van der Waals surface area contributed by atoms with Gasteiger partial charge in [-0.15, -0.1) is 0 Å². The normalized spacial score (nSPS) is 11.4. The fourth-order valence-corrected chi connectivity index (χ4v) is 1.71. The molecule has 0 aromatic heterocycles. The maximum atomic E-state index is 10.6. The minimum absolute atomic E-state index is 0. The quantitative estimate of drug-likeness (QED) is 0.215. The third-order valence-electron chi connectivity index (χ3n) is 2.78. The molecule has 0 radical (unpaired) electrons. The Morgan fingerprint density at radius 3 is 2.05 bits per heavy atom. The molecule has 0 aliphatic heterocycles. The van der Waals surface area contributed by atoms with Gasteiger partial charge in [0, 0.05) is 17.9 Å². The van der Waals surface area contributed by atoms with Crippen molar-refractivity contribution in [2.75, 3.05) is 0 Å². The summed E-state index contributed by atoms with van der Waals surface area (Å²) in [6.45, 7) is 2.17. The molecule has 6 heteroatoms. The molecule has 0 saturated heterocycles. The molecule has 0 fully saturated rings. The third kappa shape index (κ3) is 18.0. The van der Waals surface area contributed by atoms with Crippen molar-refractivity contribution in [2.24, 2.45) is 5.92 Å². The van der Waals surface area contributed by atoms with Crippen LogP contribution in [0.3, 0.4) is 0 Å². The van der Waals surface area contributed by atoms with E-state index in [0.29, 0.717) is 0 Å². The Labute approximate surface area is 207 Å². The predicted octanol–water partition coefficient (Wildman–Crippen LogP) is -5.19. The summed E-state index contributed by atoms with van der Waals surface area (Å²) in [5.41, 5.74) is 0. The topological polar surface area (TPSA) is 80.3 Å². The van der Waals surface area contributed by atoms with Crippen LogP contribution in [-0.4, -0.2) is 11.9 Å². The van der Waals surface area contributed by atoms with E-state index < -0.39 is 24.3 Å². The number of carbonyl (C=O) groups is 2. The van der Waals surface area contributed by atoms with Crippen molar-refractivity contribution < 1.29 is 123 Å². The second-order valence-electron chi connectivity index (χ2n) is 4.49. The van der Waals surface area contributed by atoms with Gasteiger partial charge >= 0.3 is 103 Å². The first-order valence-corrected chi connectivity index (χ1v) is 6.65. The largest absolute Gasteiger partial charge is 1.00 e. The van der Waals surface area contributed by atoms with E-state index in [-0.39, 0.29) is 103 Å². The molecule has 0 spiro atoms. The van der Waals surface area contributed by atoms with Gasteiger partial charge in [0.05, 0.1) is 0 Å². The molecule has 0 aromatic rings. The Balaban J connectivity index is -0.00000144. The summed E-state index contributed by atoms with van der Waals surface area (Å²) >= 11 is 0. The molecule has 104 valence electrons. The molecule has 0 N–H and O–H groups in total. The van der Waals surface area contributed by atoms with Crippen LogP contribution in [0.4, 0.5) is 0 Å². The molecule has 1 unspecified atom stereocenters. The molecule has 20 heavy (non-hydrogen) atoms. The Kier molecular flexibility index (Phi) is 25.5. The van der Waals surface area contributed by atoms with Crippen molar-refractivity contribution in [1.29, 1.82) is 0 Å². The average molecular weight is 333 g/mol. The van der Waals surface area contributed by atoms with Gasteiger partial charge in [0.15, 0.2) is 0 Å². The fourth-order valence-electron chi connectivity index (χ4n) is 1.71. The number of allylic oxidation sites excluding steroid dienone is 1. The van der Waals surface area contributed by atoms with E-state index in [1.165, 1.54) is 31.8 Å². The summed E-state index contributed by atoms with van der Waals surface area (Å²) in [5.74, 6) is -3.80. The first-order chi connectivity index (χ1) is 8.57. The van der Waals surface area contributed by atoms with Crippen molar-refractivity contribution in [3.63, 3.8) is 0 Å². The van der Waals surface area contributed by atoms with Crippen LogP contribution in [0.15, 0.2) is 12.2 Å². The molecule has 4 nitrogen and oxygen atoms in total. The van der Waals surface area contributed by atoms with Gasteiger partial charge in [-0.2, -0.15) is 0 Å². The minimum atomic E-state index is -1.37. The average Bonchev–Trinajstić information content (AvgIpc) is 2.30. The number of rotatable bonds is 11. The van der Waals surface area contributed by atoms with Gasteiger partial charge in [-0.1, -0.05) is 51.2 Å². The zero-order chi connectivity index (χ0) is 13.8. The summed E-state index contributed by atoms with van der Waals surface area (Å²) in [6.07, 6.45) is 10.4. The van der Waals surface area contributed by atoms with Crippen molar-refractivity contribution >= 4 is 11.9 Å². The molecule has 0 heterocycles. The van der Waals surface area contributed by atoms with E-state index in [2.05, 4.69) is 6.92 Å². The zero-order valence-corrected chi connectivity index (χ0v) is 19.3. The number of aliphatic carboxylic acids is 2. The Morgan fingerprint density at radius 1 is 1.00 bits per heavy atom. The van der Waals surface area contributed by atoms with Gasteiger partial charge in [-0.25, -0.2) is 0 Å². The number of carboxylic acid groups (broad SMARTS) is 2. The summed E-state index contributed by atoms with van der Waals surface area (Å²) in [7, 11) is 0. The van der Waals surface area contributed by atoms with Crippen LogP contribution in [0, 0.1) is 5.92 Å². The van der Waals surface area contributed by atoms with Crippen molar-refractivity contribution in [2.45, 2.75) is 58.3 Å². The Hall–Kier alpha value is 1.95. The molecule has 0 bridgehead atoms. The summed E-state index contributed by atoms with van der Waals surface area (Å²) in [5, 5.41) is 20.9. The van der Waals surface area contributed by atoms with Crippen molar-refractivity contribution in [3.05, 3.63) is 12.2 Å².